The Balaban J connectivity index is 1.32. The molecule has 2 unspecified atom stereocenters. The molecule has 2 atom stereocenters. The Kier molecular flexibility index (Phi) is 8.02. The highest BCUT2D eigenvalue weighted by Gasteiger charge is 2.48. The summed E-state index contributed by atoms with van der Waals surface area (Å²) in [6.07, 6.45) is 5.70. The van der Waals surface area contributed by atoms with Crippen LogP contribution in [0.3, 0.4) is 0 Å². The Morgan fingerprint density at radius 2 is 1.69 bits per heavy atom. The summed E-state index contributed by atoms with van der Waals surface area (Å²) in [7, 11) is 0. The van der Waals surface area contributed by atoms with Crippen molar-refractivity contribution >= 4 is 23.4 Å². The predicted octanol–water partition coefficient (Wildman–Crippen LogP) is 3.74. The average Bonchev–Trinajstić information content (AvgIpc) is 3.88. The molecule has 2 aromatic rings. The summed E-state index contributed by atoms with van der Waals surface area (Å²) in [5, 5.41) is 9.97. The Labute approximate surface area is 228 Å². The third kappa shape index (κ3) is 6.16. The van der Waals surface area contributed by atoms with Crippen LogP contribution in [0.5, 0.6) is 0 Å². The molecular formula is C29H38FN5O4. The van der Waals surface area contributed by atoms with E-state index in [1.807, 2.05) is 13.8 Å². The first-order chi connectivity index (χ1) is 18.7. The zero-order chi connectivity index (χ0) is 27.7. The zero-order valence-corrected chi connectivity index (χ0v) is 22.9. The second-order valence-corrected chi connectivity index (χ2v) is 11.3. The molecule has 0 radical (unpaired) electrons. The van der Waals surface area contributed by atoms with E-state index in [0.717, 1.165) is 25.7 Å². The molecule has 1 aliphatic heterocycles. The average molecular weight is 540 g/mol. The van der Waals surface area contributed by atoms with Gasteiger partial charge in [0.05, 0.1) is 24.8 Å². The molecule has 0 bridgehead atoms. The molecule has 2 heterocycles. The molecule has 9 nitrogen and oxygen atoms in total. The van der Waals surface area contributed by atoms with Gasteiger partial charge < -0.3 is 20.3 Å². The van der Waals surface area contributed by atoms with Gasteiger partial charge in [-0.1, -0.05) is 6.07 Å². The van der Waals surface area contributed by atoms with Gasteiger partial charge in [-0.2, -0.15) is 5.10 Å². The molecule has 2 aliphatic carbocycles. The quantitative estimate of drug-likeness (QED) is 0.479. The van der Waals surface area contributed by atoms with E-state index in [9.17, 15) is 14.4 Å². The number of amides is 3. The van der Waals surface area contributed by atoms with Gasteiger partial charge in [-0.05, 0) is 88.0 Å². The van der Waals surface area contributed by atoms with E-state index in [2.05, 4.69) is 15.7 Å². The molecule has 1 aromatic carbocycles. The van der Waals surface area contributed by atoms with Crippen LogP contribution in [0.4, 0.5) is 10.1 Å². The van der Waals surface area contributed by atoms with Gasteiger partial charge in [-0.25, -0.2) is 4.39 Å². The highest BCUT2D eigenvalue weighted by molar-refractivity contribution is 6.01. The number of nitrogens with one attached hydrogen (secondary N) is 2. The van der Waals surface area contributed by atoms with Crippen LogP contribution in [0.1, 0.15) is 74.5 Å². The summed E-state index contributed by atoms with van der Waals surface area (Å²) in [6, 6.07) is 5.34. The van der Waals surface area contributed by atoms with Crippen LogP contribution in [0.15, 0.2) is 30.5 Å². The molecular weight excluding hydrogens is 501 g/mol. The summed E-state index contributed by atoms with van der Waals surface area (Å²) in [5.41, 5.74) is 0.969. The van der Waals surface area contributed by atoms with Crippen LogP contribution < -0.4 is 10.6 Å². The number of nitrogens with zero attached hydrogens (tertiary/aromatic N) is 3. The molecule has 3 amide bonds. The van der Waals surface area contributed by atoms with Gasteiger partial charge in [-0.3, -0.25) is 19.1 Å². The Hall–Kier alpha value is -3.27. The molecule has 3 aliphatic rings. The fraction of sp³-hybridized carbons (Fsp3) is 0.586. The van der Waals surface area contributed by atoms with Crippen molar-refractivity contribution in [1.29, 1.82) is 0 Å². The zero-order valence-electron chi connectivity index (χ0n) is 22.9. The minimum Gasteiger partial charge on any atom is -0.378 e. The first-order valence-electron chi connectivity index (χ1n) is 14.1. The van der Waals surface area contributed by atoms with E-state index in [1.54, 1.807) is 34.8 Å². The molecule has 3 fully saturated rings. The van der Waals surface area contributed by atoms with Crippen LogP contribution in [-0.4, -0.2) is 64.7 Å². The minimum atomic E-state index is -0.783. The fourth-order valence-corrected chi connectivity index (χ4v) is 5.66. The van der Waals surface area contributed by atoms with Crippen molar-refractivity contribution in [3.05, 3.63) is 47.5 Å². The van der Waals surface area contributed by atoms with Gasteiger partial charge in [0, 0.05) is 25.3 Å². The molecule has 1 saturated heterocycles. The van der Waals surface area contributed by atoms with E-state index < -0.39 is 23.7 Å². The molecule has 210 valence electrons. The summed E-state index contributed by atoms with van der Waals surface area (Å²) >= 11 is 0. The maximum Gasteiger partial charge on any atom is 0.270 e. The van der Waals surface area contributed by atoms with E-state index >= 15 is 4.39 Å². The smallest absolute Gasteiger partial charge is 0.270 e. The number of ether oxygens (including phenoxy) is 1. The lowest BCUT2D eigenvalue weighted by molar-refractivity contribution is -0.136. The standard InChI is InChI=1S/C29H38FN5O4/c1-17(2)35-24(10-11-31-35)27(36)33-26(25(19-4-5-19)20-6-7-20)28(37)32-23-9-8-21(16-22(23)30)18(3)29(38)34-12-14-39-15-13-34/h8-11,16-20,25-26H,4-7,12-15H2,1-3H3,(H,32,37)(H,33,36). The SMILES string of the molecule is CC(C(=O)N1CCOCC1)c1ccc(NC(=O)C(NC(=O)c2ccnn2C(C)C)C(C2CC2)C2CC2)c(F)c1. The van der Waals surface area contributed by atoms with Crippen molar-refractivity contribution in [3.63, 3.8) is 0 Å². The molecule has 2 N–H and O–H groups in total. The maximum absolute atomic E-state index is 15.3. The minimum absolute atomic E-state index is 0.0119. The molecule has 2 saturated carbocycles. The van der Waals surface area contributed by atoms with Gasteiger partial charge >= 0.3 is 0 Å². The maximum atomic E-state index is 15.3. The first-order valence-corrected chi connectivity index (χ1v) is 14.1. The third-order valence-corrected chi connectivity index (χ3v) is 8.12. The number of anilines is 1. The fourth-order valence-electron chi connectivity index (χ4n) is 5.66. The lowest BCUT2D eigenvalue weighted by Crippen LogP contribution is -2.50. The monoisotopic (exact) mass is 539 g/mol. The van der Waals surface area contributed by atoms with Gasteiger partial charge in [0.15, 0.2) is 0 Å². The van der Waals surface area contributed by atoms with Crippen LogP contribution in [0.25, 0.3) is 0 Å². The lowest BCUT2D eigenvalue weighted by atomic mass is 9.88. The normalized spacial score (nSPS) is 19.2. The van der Waals surface area contributed by atoms with Gasteiger partial charge in [0.25, 0.3) is 5.91 Å². The van der Waals surface area contributed by atoms with E-state index in [-0.39, 0.29) is 29.5 Å². The van der Waals surface area contributed by atoms with E-state index in [0.29, 0.717) is 49.4 Å². The summed E-state index contributed by atoms with van der Waals surface area (Å²) in [4.78, 5) is 41.5. The van der Waals surface area contributed by atoms with Crippen molar-refractivity contribution in [1.82, 2.24) is 20.0 Å². The van der Waals surface area contributed by atoms with Crippen LogP contribution in [0.2, 0.25) is 0 Å². The number of benzene rings is 1. The molecule has 5 rings (SSSR count). The number of carbonyl (C=O) groups excluding carboxylic acids is 3. The number of halogens is 1. The van der Waals surface area contributed by atoms with Crippen molar-refractivity contribution < 1.29 is 23.5 Å². The summed E-state index contributed by atoms with van der Waals surface area (Å²) < 4.78 is 22.2. The van der Waals surface area contributed by atoms with Gasteiger partial charge in [0.2, 0.25) is 11.8 Å². The second kappa shape index (κ2) is 11.5. The number of rotatable bonds is 10. The number of hydrogen-bond donors (Lipinski definition) is 2. The molecule has 1 aromatic heterocycles. The van der Waals surface area contributed by atoms with Gasteiger partial charge in [0.1, 0.15) is 17.6 Å². The first kappa shape index (κ1) is 27.3. The van der Waals surface area contributed by atoms with Crippen LogP contribution >= 0.6 is 0 Å². The topological polar surface area (TPSA) is 106 Å². The third-order valence-electron chi connectivity index (χ3n) is 8.12. The van der Waals surface area contributed by atoms with Crippen LogP contribution in [0, 0.1) is 23.6 Å². The Morgan fingerprint density at radius 1 is 1.03 bits per heavy atom. The summed E-state index contributed by atoms with van der Waals surface area (Å²) in [5.74, 6) is -1.22. The molecule has 10 heteroatoms. The lowest BCUT2D eigenvalue weighted by Gasteiger charge is -2.29. The number of hydrogen-bond acceptors (Lipinski definition) is 5. The summed E-state index contributed by atoms with van der Waals surface area (Å²) in [6.45, 7) is 7.67. The van der Waals surface area contributed by atoms with E-state index in [1.165, 1.54) is 12.1 Å². The Morgan fingerprint density at radius 3 is 2.28 bits per heavy atom. The predicted molar refractivity (Wildman–Crippen MR) is 144 cm³/mol. The number of carbonyl (C=O) groups is 3. The van der Waals surface area contributed by atoms with Gasteiger partial charge in [-0.15, -0.1) is 0 Å². The van der Waals surface area contributed by atoms with Crippen molar-refractivity contribution in [2.75, 3.05) is 31.6 Å². The highest BCUT2D eigenvalue weighted by atomic mass is 19.1. The Bertz CT molecular complexity index is 1200. The number of aromatic nitrogens is 2. The van der Waals surface area contributed by atoms with Crippen LogP contribution in [-0.2, 0) is 14.3 Å². The largest absolute Gasteiger partial charge is 0.378 e. The molecule has 39 heavy (non-hydrogen) atoms. The number of morpholine rings is 1. The molecule has 0 spiro atoms. The van der Waals surface area contributed by atoms with Crippen molar-refractivity contribution in [2.45, 2.75) is 64.5 Å². The highest BCUT2D eigenvalue weighted by Crippen LogP contribution is 2.51. The van der Waals surface area contributed by atoms with Crippen molar-refractivity contribution in [2.24, 2.45) is 17.8 Å². The van der Waals surface area contributed by atoms with E-state index in [4.69, 9.17) is 4.74 Å². The van der Waals surface area contributed by atoms with Crippen molar-refractivity contribution in [3.8, 4) is 0 Å². The second-order valence-electron chi connectivity index (χ2n) is 11.3.